The maximum Gasteiger partial charge on any atom is 0.237 e. The van der Waals surface area contributed by atoms with Crippen molar-refractivity contribution in [3.05, 3.63) is 72.6 Å². The standard InChI is InChI=1S/C22H23N3O2/c1-15(16-5-3-2-4-6-16)25-22(26)21-12-20(14-24-21)27-19-8-7-18-13-23-10-9-17(18)11-19/h2-11,13,15,20-21,24H,12,14H2,1H3,(H,25,26)/t15?,20-,21+/m1/s1. The highest BCUT2D eigenvalue weighted by Gasteiger charge is 2.31. The lowest BCUT2D eigenvalue weighted by Crippen LogP contribution is -2.41. The monoisotopic (exact) mass is 361 g/mol. The molecule has 4 rings (SSSR count). The highest BCUT2D eigenvalue weighted by atomic mass is 16.5. The molecule has 3 aromatic rings. The number of pyridine rings is 1. The molecule has 5 heteroatoms. The van der Waals surface area contributed by atoms with Crippen LogP contribution in [0.15, 0.2) is 67.0 Å². The number of hydrogen-bond acceptors (Lipinski definition) is 4. The third-order valence-corrected chi connectivity index (χ3v) is 4.98. The molecule has 0 aliphatic carbocycles. The van der Waals surface area contributed by atoms with Gasteiger partial charge in [0.1, 0.15) is 11.9 Å². The predicted octanol–water partition coefficient (Wildman–Crippen LogP) is 3.22. The zero-order valence-corrected chi connectivity index (χ0v) is 15.3. The van der Waals surface area contributed by atoms with Crippen molar-refractivity contribution in [3.8, 4) is 5.75 Å². The van der Waals surface area contributed by atoms with E-state index in [4.69, 9.17) is 4.74 Å². The molecule has 1 amide bonds. The number of rotatable bonds is 5. The quantitative estimate of drug-likeness (QED) is 0.732. The number of hydrogen-bond donors (Lipinski definition) is 2. The molecular weight excluding hydrogens is 338 g/mol. The van der Waals surface area contributed by atoms with Gasteiger partial charge in [-0.25, -0.2) is 0 Å². The molecule has 1 aliphatic heterocycles. The normalized spacial score (nSPS) is 20.3. The fraction of sp³-hybridized carbons (Fsp3) is 0.273. The van der Waals surface area contributed by atoms with Crippen LogP contribution in [0.4, 0.5) is 0 Å². The summed E-state index contributed by atoms with van der Waals surface area (Å²) < 4.78 is 6.09. The summed E-state index contributed by atoms with van der Waals surface area (Å²) in [6.07, 6.45) is 4.25. The Morgan fingerprint density at radius 2 is 2.04 bits per heavy atom. The topological polar surface area (TPSA) is 63.2 Å². The molecule has 0 radical (unpaired) electrons. The van der Waals surface area contributed by atoms with Gasteiger partial charge in [0.25, 0.3) is 0 Å². The molecule has 0 spiro atoms. The smallest absolute Gasteiger partial charge is 0.237 e. The summed E-state index contributed by atoms with van der Waals surface area (Å²) in [5.41, 5.74) is 1.10. The molecule has 27 heavy (non-hydrogen) atoms. The highest BCUT2D eigenvalue weighted by molar-refractivity contribution is 5.83. The largest absolute Gasteiger partial charge is 0.489 e. The van der Waals surface area contributed by atoms with Gasteiger partial charge in [0.05, 0.1) is 12.1 Å². The summed E-state index contributed by atoms with van der Waals surface area (Å²) in [4.78, 5) is 16.7. The maximum absolute atomic E-state index is 12.6. The molecule has 1 fully saturated rings. The number of nitrogens with zero attached hydrogens (tertiary/aromatic N) is 1. The molecule has 3 atom stereocenters. The fourth-order valence-corrected chi connectivity index (χ4v) is 3.46. The van der Waals surface area contributed by atoms with Gasteiger partial charge in [0, 0.05) is 30.7 Å². The average molecular weight is 361 g/mol. The molecule has 1 aromatic heterocycles. The lowest BCUT2D eigenvalue weighted by atomic mass is 10.1. The Hall–Kier alpha value is -2.92. The molecule has 1 unspecified atom stereocenters. The van der Waals surface area contributed by atoms with Crippen LogP contribution in [0.2, 0.25) is 0 Å². The van der Waals surface area contributed by atoms with Gasteiger partial charge < -0.3 is 15.4 Å². The van der Waals surface area contributed by atoms with Crippen LogP contribution in [0.1, 0.15) is 24.9 Å². The maximum atomic E-state index is 12.6. The summed E-state index contributed by atoms with van der Waals surface area (Å²) >= 11 is 0. The first-order valence-electron chi connectivity index (χ1n) is 9.28. The second-order valence-electron chi connectivity index (χ2n) is 6.96. The summed E-state index contributed by atoms with van der Waals surface area (Å²) in [6, 6.07) is 17.7. The van der Waals surface area contributed by atoms with Crippen molar-refractivity contribution in [2.24, 2.45) is 0 Å². The molecule has 2 aromatic carbocycles. The number of carbonyl (C=O) groups is 1. The molecule has 0 saturated carbocycles. The van der Waals surface area contributed by atoms with Gasteiger partial charge in [0.2, 0.25) is 5.91 Å². The van der Waals surface area contributed by atoms with Crippen LogP contribution >= 0.6 is 0 Å². The van der Waals surface area contributed by atoms with Gasteiger partial charge in [-0.15, -0.1) is 0 Å². The van der Waals surface area contributed by atoms with Crippen molar-refractivity contribution in [3.63, 3.8) is 0 Å². The molecule has 2 N–H and O–H groups in total. The second kappa shape index (κ2) is 7.76. The lowest BCUT2D eigenvalue weighted by Gasteiger charge is -2.18. The van der Waals surface area contributed by atoms with E-state index in [1.54, 1.807) is 6.20 Å². The van der Waals surface area contributed by atoms with E-state index in [9.17, 15) is 4.79 Å². The van der Waals surface area contributed by atoms with Gasteiger partial charge in [-0.2, -0.15) is 0 Å². The highest BCUT2D eigenvalue weighted by Crippen LogP contribution is 2.23. The Kier molecular flexibility index (Phi) is 5.03. The first kappa shape index (κ1) is 17.5. The van der Waals surface area contributed by atoms with Gasteiger partial charge in [-0.05, 0) is 42.1 Å². The Balaban J connectivity index is 1.34. The number of fused-ring (bicyclic) bond motifs is 1. The Morgan fingerprint density at radius 1 is 1.19 bits per heavy atom. The summed E-state index contributed by atoms with van der Waals surface area (Å²) in [5.74, 6) is 0.834. The van der Waals surface area contributed by atoms with Crippen molar-refractivity contribution < 1.29 is 9.53 Å². The third kappa shape index (κ3) is 4.09. The number of ether oxygens (including phenoxy) is 1. The number of nitrogens with one attached hydrogen (secondary N) is 2. The number of benzene rings is 2. The average Bonchev–Trinajstić information content (AvgIpc) is 3.17. The Bertz CT molecular complexity index is 929. The summed E-state index contributed by atoms with van der Waals surface area (Å²) in [5, 5.41) is 8.54. The van der Waals surface area contributed by atoms with E-state index in [1.165, 1.54) is 0 Å². The minimum atomic E-state index is -0.231. The van der Waals surface area contributed by atoms with Gasteiger partial charge in [-0.3, -0.25) is 9.78 Å². The van der Waals surface area contributed by atoms with Crippen LogP contribution in [-0.4, -0.2) is 29.6 Å². The zero-order valence-electron chi connectivity index (χ0n) is 15.3. The van der Waals surface area contributed by atoms with Crippen molar-refractivity contribution in [2.45, 2.75) is 31.5 Å². The van der Waals surface area contributed by atoms with Crippen LogP contribution in [0.25, 0.3) is 10.8 Å². The molecule has 0 bridgehead atoms. The molecule has 1 aliphatic rings. The Morgan fingerprint density at radius 3 is 2.89 bits per heavy atom. The summed E-state index contributed by atoms with van der Waals surface area (Å²) in [7, 11) is 0. The van der Waals surface area contributed by atoms with E-state index in [0.717, 1.165) is 22.1 Å². The second-order valence-corrected chi connectivity index (χ2v) is 6.96. The van der Waals surface area contributed by atoms with Crippen molar-refractivity contribution in [2.75, 3.05) is 6.54 Å². The van der Waals surface area contributed by atoms with E-state index in [2.05, 4.69) is 15.6 Å². The van der Waals surface area contributed by atoms with Crippen molar-refractivity contribution in [1.82, 2.24) is 15.6 Å². The van der Waals surface area contributed by atoms with Crippen LogP contribution in [0.5, 0.6) is 5.75 Å². The van der Waals surface area contributed by atoms with Crippen molar-refractivity contribution >= 4 is 16.7 Å². The number of carbonyl (C=O) groups excluding carboxylic acids is 1. The Labute approximate surface area is 158 Å². The van der Waals surface area contributed by atoms with E-state index in [0.29, 0.717) is 13.0 Å². The van der Waals surface area contributed by atoms with Gasteiger partial charge >= 0.3 is 0 Å². The van der Waals surface area contributed by atoms with Crippen LogP contribution in [0.3, 0.4) is 0 Å². The summed E-state index contributed by atoms with van der Waals surface area (Å²) in [6.45, 7) is 2.66. The molecule has 1 saturated heterocycles. The number of aromatic nitrogens is 1. The van der Waals surface area contributed by atoms with Crippen molar-refractivity contribution in [1.29, 1.82) is 0 Å². The molecule has 138 valence electrons. The molecule has 2 heterocycles. The molecule has 5 nitrogen and oxygen atoms in total. The first-order valence-corrected chi connectivity index (χ1v) is 9.28. The van der Waals surface area contributed by atoms with Gasteiger partial charge in [0.15, 0.2) is 0 Å². The lowest BCUT2D eigenvalue weighted by molar-refractivity contribution is -0.123. The van der Waals surface area contributed by atoms with E-state index >= 15 is 0 Å². The number of amides is 1. The first-order chi connectivity index (χ1) is 13.2. The van der Waals surface area contributed by atoms with Crippen LogP contribution in [0, 0.1) is 0 Å². The van der Waals surface area contributed by atoms with E-state index in [1.807, 2.05) is 67.7 Å². The fourth-order valence-electron chi connectivity index (χ4n) is 3.46. The molecular formula is C22H23N3O2. The minimum absolute atomic E-state index is 0.0158. The van der Waals surface area contributed by atoms with E-state index < -0.39 is 0 Å². The van der Waals surface area contributed by atoms with E-state index in [-0.39, 0.29) is 24.1 Å². The van der Waals surface area contributed by atoms with Gasteiger partial charge in [-0.1, -0.05) is 30.3 Å². The predicted molar refractivity (Wildman–Crippen MR) is 106 cm³/mol. The SMILES string of the molecule is CC(NC(=O)[C@@H]1C[C@@H](Oc2ccc3cnccc3c2)CN1)c1ccccc1. The minimum Gasteiger partial charge on any atom is -0.489 e. The third-order valence-electron chi connectivity index (χ3n) is 4.98. The van der Waals surface area contributed by atoms with Crippen LogP contribution in [-0.2, 0) is 4.79 Å². The van der Waals surface area contributed by atoms with Crippen LogP contribution < -0.4 is 15.4 Å². The zero-order chi connectivity index (χ0) is 18.6.